The number of rotatable bonds is 1. The molecule has 0 saturated carbocycles. The summed E-state index contributed by atoms with van der Waals surface area (Å²) in [6, 6.07) is 0. The van der Waals surface area contributed by atoms with E-state index < -0.39 is 18.9 Å². The van der Waals surface area contributed by atoms with E-state index in [1.54, 1.807) is 0 Å². The van der Waals surface area contributed by atoms with Gasteiger partial charge < -0.3 is 9.47 Å². The summed E-state index contributed by atoms with van der Waals surface area (Å²) >= 11 is 0. The van der Waals surface area contributed by atoms with Crippen molar-refractivity contribution in [3.05, 3.63) is 0 Å². The average Bonchev–Trinajstić information content (AvgIpc) is 1.57. The molecule has 0 aliphatic carbocycles. The Balaban J connectivity index is 2.25. The van der Waals surface area contributed by atoms with Crippen LogP contribution in [0.15, 0.2) is 0 Å². The molecule has 1 rings (SSSR count). The van der Waals surface area contributed by atoms with Crippen molar-refractivity contribution in [2.45, 2.75) is 12.7 Å². The Labute approximate surface area is 43.2 Å². The van der Waals surface area contributed by atoms with Crippen LogP contribution < -0.4 is 0 Å². The summed E-state index contributed by atoms with van der Waals surface area (Å²) in [5, 5.41) is 0. The normalized spacial score (nSPS) is 19.6. The van der Waals surface area contributed by atoms with Crippen molar-refractivity contribution in [2.75, 3.05) is 0 Å². The first kappa shape index (κ1) is 5.27. The number of hydrogen-bond donors (Lipinski definition) is 0. The zero-order valence-electron chi connectivity index (χ0n) is 3.64. The predicted octanol–water partition coefficient (Wildman–Crippen LogP) is 0.744. The van der Waals surface area contributed by atoms with Gasteiger partial charge in [0.1, 0.15) is 0 Å². The highest BCUT2D eigenvalue weighted by Gasteiger charge is 2.38. The maximum Gasteiger partial charge on any atom is 0.514 e. The van der Waals surface area contributed by atoms with Gasteiger partial charge in [-0.25, -0.2) is 13.6 Å². The van der Waals surface area contributed by atoms with E-state index >= 15 is 0 Å². The van der Waals surface area contributed by atoms with E-state index in [2.05, 4.69) is 9.47 Å². The lowest BCUT2D eigenvalue weighted by Gasteiger charge is -2.23. The minimum atomic E-state index is -2.73. The van der Waals surface area contributed by atoms with Crippen LogP contribution in [0.4, 0.5) is 13.6 Å². The molecule has 0 aromatic rings. The van der Waals surface area contributed by atoms with Crippen LogP contribution in [-0.2, 0) is 9.47 Å². The summed E-state index contributed by atoms with van der Waals surface area (Å²) in [4.78, 5) is 9.64. The van der Waals surface area contributed by atoms with E-state index in [1.165, 1.54) is 0 Å². The molecule has 0 N–H and O–H groups in total. The lowest BCUT2D eigenvalue weighted by molar-refractivity contribution is -0.236. The monoisotopic (exact) mass is 124 g/mol. The minimum absolute atomic E-state index is 1.03. The molecule has 5 heteroatoms. The zero-order chi connectivity index (χ0) is 6.15. The van der Waals surface area contributed by atoms with Gasteiger partial charge in [-0.1, -0.05) is 0 Å². The largest absolute Gasteiger partial charge is 0.514 e. The molecule has 8 heavy (non-hydrogen) atoms. The number of carbonyl (C=O) groups is 1. The molecular formula is C3H2F2O3. The van der Waals surface area contributed by atoms with Gasteiger partial charge in [0.2, 0.25) is 0 Å². The summed E-state index contributed by atoms with van der Waals surface area (Å²) in [7, 11) is 0. The van der Waals surface area contributed by atoms with Crippen LogP contribution in [0.3, 0.4) is 0 Å². The molecule has 3 nitrogen and oxygen atoms in total. The van der Waals surface area contributed by atoms with Crippen molar-refractivity contribution < 1.29 is 23.0 Å². The number of alkyl halides is 2. The summed E-state index contributed by atoms with van der Waals surface area (Å²) in [6.45, 7) is 0. The molecule has 0 aromatic heterocycles. The molecule has 1 heterocycles. The quantitative estimate of drug-likeness (QED) is 0.483. The second-order valence-corrected chi connectivity index (χ2v) is 1.19. The highest BCUT2D eigenvalue weighted by atomic mass is 19.3. The van der Waals surface area contributed by atoms with Gasteiger partial charge in [-0.2, -0.15) is 0 Å². The van der Waals surface area contributed by atoms with E-state index in [-0.39, 0.29) is 0 Å². The van der Waals surface area contributed by atoms with Gasteiger partial charge in [-0.15, -0.1) is 0 Å². The van der Waals surface area contributed by atoms with Crippen molar-refractivity contribution in [2.24, 2.45) is 0 Å². The Hall–Kier alpha value is -0.870. The number of carbonyl (C=O) groups excluding carboxylic acids is 1. The summed E-state index contributed by atoms with van der Waals surface area (Å²) in [5.41, 5.74) is 0. The Bertz CT molecular complexity index is 105. The molecule has 0 unspecified atom stereocenters. The number of ether oxygens (including phenoxy) is 2. The third kappa shape index (κ3) is 0.706. The SMILES string of the molecule is O=C1OC(C(F)F)O1. The molecule has 1 aliphatic rings. The molecule has 0 spiro atoms. The molecular weight excluding hydrogens is 122 g/mol. The van der Waals surface area contributed by atoms with Crippen molar-refractivity contribution in [3.63, 3.8) is 0 Å². The standard InChI is InChI=1S/C3H2F2O3/c4-1(5)2-7-3(6)8-2/h1-2H. The molecule has 46 valence electrons. The molecule has 0 atom stereocenters. The van der Waals surface area contributed by atoms with E-state index in [0.717, 1.165) is 0 Å². The third-order valence-electron chi connectivity index (χ3n) is 0.630. The van der Waals surface area contributed by atoms with Gasteiger partial charge in [0.05, 0.1) is 0 Å². The van der Waals surface area contributed by atoms with Crippen molar-refractivity contribution in [1.82, 2.24) is 0 Å². The smallest absolute Gasteiger partial charge is 0.387 e. The van der Waals surface area contributed by atoms with Crippen LogP contribution in [0, 0.1) is 0 Å². The first-order valence-electron chi connectivity index (χ1n) is 1.85. The average molecular weight is 124 g/mol. The molecule has 0 radical (unpaired) electrons. The summed E-state index contributed by atoms with van der Waals surface area (Å²) in [5.74, 6) is 0. The molecule has 1 saturated heterocycles. The first-order chi connectivity index (χ1) is 3.70. The molecule has 0 amide bonds. The van der Waals surface area contributed by atoms with Crippen LogP contribution >= 0.6 is 0 Å². The fraction of sp³-hybridized carbons (Fsp3) is 0.667. The third-order valence-corrected chi connectivity index (χ3v) is 0.630. The Morgan fingerprint density at radius 2 is 2.00 bits per heavy atom. The number of hydrogen-bond acceptors (Lipinski definition) is 3. The lowest BCUT2D eigenvalue weighted by Crippen LogP contribution is -2.40. The fourth-order valence-electron chi connectivity index (χ4n) is 0.301. The van der Waals surface area contributed by atoms with Gasteiger partial charge in [0.25, 0.3) is 0 Å². The van der Waals surface area contributed by atoms with E-state index in [0.29, 0.717) is 0 Å². The highest BCUT2D eigenvalue weighted by molar-refractivity contribution is 5.64. The fourth-order valence-corrected chi connectivity index (χ4v) is 0.301. The van der Waals surface area contributed by atoms with Crippen LogP contribution in [0.25, 0.3) is 0 Å². The van der Waals surface area contributed by atoms with E-state index in [1.807, 2.05) is 0 Å². The second-order valence-electron chi connectivity index (χ2n) is 1.19. The Morgan fingerprint density at radius 3 is 2.12 bits per heavy atom. The van der Waals surface area contributed by atoms with Gasteiger partial charge in [0.15, 0.2) is 0 Å². The van der Waals surface area contributed by atoms with Crippen molar-refractivity contribution >= 4 is 6.16 Å². The highest BCUT2D eigenvalue weighted by Crippen LogP contribution is 2.16. The number of cyclic esters (lactones) is 2. The first-order valence-corrected chi connectivity index (χ1v) is 1.85. The molecule has 1 fully saturated rings. The minimum Gasteiger partial charge on any atom is -0.387 e. The van der Waals surface area contributed by atoms with Crippen LogP contribution in [0.2, 0.25) is 0 Å². The van der Waals surface area contributed by atoms with E-state index in [4.69, 9.17) is 0 Å². The molecule has 0 bridgehead atoms. The molecule has 1 aliphatic heterocycles. The van der Waals surface area contributed by atoms with Crippen LogP contribution in [0.1, 0.15) is 0 Å². The van der Waals surface area contributed by atoms with Gasteiger partial charge in [-0.05, 0) is 0 Å². The second kappa shape index (κ2) is 1.57. The lowest BCUT2D eigenvalue weighted by atomic mass is 10.6. The van der Waals surface area contributed by atoms with Crippen LogP contribution in [0.5, 0.6) is 0 Å². The molecule has 0 aromatic carbocycles. The summed E-state index contributed by atoms with van der Waals surface area (Å²) < 4.78 is 30.1. The van der Waals surface area contributed by atoms with Gasteiger partial charge >= 0.3 is 18.9 Å². The Morgan fingerprint density at radius 1 is 1.50 bits per heavy atom. The maximum absolute atomic E-state index is 11.3. The summed E-state index contributed by atoms with van der Waals surface area (Å²) in [6.07, 6.45) is -5.38. The van der Waals surface area contributed by atoms with Gasteiger partial charge in [-0.3, -0.25) is 0 Å². The van der Waals surface area contributed by atoms with Crippen molar-refractivity contribution in [1.29, 1.82) is 0 Å². The Kier molecular flexibility index (Phi) is 1.04. The topological polar surface area (TPSA) is 35.5 Å². The van der Waals surface area contributed by atoms with E-state index in [9.17, 15) is 13.6 Å². The van der Waals surface area contributed by atoms with Crippen LogP contribution in [-0.4, -0.2) is 18.9 Å². The zero-order valence-corrected chi connectivity index (χ0v) is 3.64. The predicted molar refractivity (Wildman–Crippen MR) is 17.4 cm³/mol. The van der Waals surface area contributed by atoms with Gasteiger partial charge in [0, 0.05) is 0 Å². The maximum atomic E-state index is 11.3. The van der Waals surface area contributed by atoms with Crippen molar-refractivity contribution in [3.8, 4) is 0 Å². The number of halogens is 2.